The number of unbranched alkanes of at least 4 members (excludes halogenated alkanes) is 37. The molecule has 0 aromatic rings. The number of hydrogen-bond acceptors (Lipinski definition) is 0. The second kappa shape index (κ2) is 44.0. The molecule has 0 saturated carbocycles. The van der Waals surface area contributed by atoms with Crippen LogP contribution in [0.1, 0.15) is 297 Å². The van der Waals surface area contributed by atoms with Crippen LogP contribution in [0.5, 0.6) is 0 Å². The highest BCUT2D eigenvalue weighted by molar-refractivity contribution is 4.62. The van der Waals surface area contributed by atoms with Crippen molar-refractivity contribution in [1.82, 2.24) is 0 Å². The van der Waals surface area contributed by atoms with E-state index in [-0.39, 0.29) is 0 Å². The molecule has 0 fully saturated rings. The quantitative estimate of drug-likeness (QED) is 0.0571. The van der Waals surface area contributed by atoms with E-state index in [2.05, 4.69) is 20.8 Å². The highest BCUT2D eigenvalue weighted by Crippen LogP contribution is 2.25. The first-order valence-corrected chi connectivity index (χ1v) is 23.3. The van der Waals surface area contributed by atoms with Gasteiger partial charge in [0.1, 0.15) is 0 Å². The van der Waals surface area contributed by atoms with Crippen LogP contribution < -0.4 is 0 Å². The van der Waals surface area contributed by atoms with Gasteiger partial charge in [-0.05, 0) is 5.92 Å². The molecule has 0 amide bonds. The molecule has 0 aliphatic rings. The summed E-state index contributed by atoms with van der Waals surface area (Å²) >= 11 is 0. The van der Waals surface area contributed by atoms with Gasteiger partial charge in [-0.1, -0.05) is 297 Å². The van der Waals surface area contributed by atoms with Crippen molar-refractivity contribution in [2.75, 3.05) is 0 Å². The van der Waals surface area contributed by atoms with Crippen LogP contribution in [0.15, 0.2) is 0 Å². The van der Waals surface area contributed by atoms with Gasteiger partial charge in [-0.15, -0.1) is 0 Å². The van der Waals surface area contributed by atoms with Gasteiger partial charge in [0.05, 0.1) is 0 Å². The Morgan fingerprint density at radius 2 is 0.298 bits per heavy atom. The van der Waals surface area contributed by atoms with Crippen molar-refractivity contribution in [2.45, 2.75) is 297 Å². The van der Waals surface area contributed by atoms with Gasteiger partial charge in [0.25, 0.3) is 0 Å². The molecule has 0 aliphatic carbocycles. The van der Waals surface area contributed by atoms with E-state index in [1.54, 1.807) is 0 Å². The average molecular weight is 661 g/mol. The summed E-state index contributed by atoms with van der Waals surface area (Å²) in [6.07, 6.45) is 63.8. The standard InChI is InChI=1S/C47H96/c1-4-7-10-12-14-16-18-20-22-24-25-26-28-30-32-34-36-38-40-43-46-47(44-41-9-6-3)45-42-39-37-35-33-31-29-27-23-21-19-17-15-13-11-8-5-2/h47H,4-46H2,1-3H3. The molecule has 0 rings (SSSR count). The molecule has 1 unspecified atom stereocenters. The van der Waals surface area contributed by atoms with Gasteiger partial charge in [-0.3, -0.25) is 0 Å². The summed E-state index contributed by atoms with van der Waals surface area (Å²) in [4.78, 5) is 0. The van der Waals surface area contributed by atoms with E-state index in [0.717, 1.165) is 5.92 Å². The lowest BCUT2D eigenvalue weighted by atomic mass is 9.89. The van der Waals surface area contributed by atoms with Crippen molar-refractivity contribution < 1.29 is 0 Å². The Hall–Kier alpha value is 0. The summed E-state index contributed by atoms with van der Waals surface area (Å²) in [5.41, 5.74) is 0. The summed E-state index contributed by atoms with van der Waals surface area (Å²) < 4.78 is 0. The van der Waals surface area contributed by atoms with Gasteiger partial charge < -0.3 is 0 Å². The Bertz CT molecular complexity index is 508. The molecule has 0 heteroatoms. The van der Waals surface area contributed by atoms with E-state index in [4.69, 9.17) is 0 Å². The molecule has 0 heterocycles. The molecular formula is C47H96. The lowest BCUT2D eigenvalue weighted by Gasteiger charge is -2.17. The van der Waals surface area contributed by atoms with Crippen LogP contribution in [-0.2, 0) is 0 Å². The summed E-state index contributed by atoms with van der Waals surface area (Å²) in [5, 5.41) is 0. The molecule has 0 spiro atoms. The third-order valence-corrected chi connectivity index (χ3v) is 11.4. The van der Waals surface area contributed by atoms with E-state index in [0.29, 0.717) is 0 Å². The van der Waals surface area contributed by atoms with Crippen LogP contribution in [-0.4, -0.2) is 0 Å². The van der Waals surface area contributed by atoms with Gasteiger partial charge in [0.15, 0.2) is 0 Å². The zero-order valence-corrected chi connectivity index (χ0v) is 34.0. The second-order valence-electron chi connectivity index (χ2n) is 16.3. The molecule has 0 aromatic heterocycles. The fourth-order valence-electron chi connectivity index (χ4n) is 7.96. The summed E-state index contributed by atoms with van der Waals surface area (Å²) in [5.74, 6) is 1.04. The van der Waals surface area contributed by atoms with Crippen molar-refractivity contribution in [2.24, 2.45) is 5.92 Å². The van der Waals surface area contributed by atoms with Crippen molar-refractivity contribution in [3.63, 3.8) is 0 Å². The van der Waals surface area contributed by atoms with Gasteiger partial charge in [0.2, 0.25) is 0 Å². The molecule has 1 atom stereocenters. The zero-order valence-electron chi connectivity index (χ0n) is 34.0. The highest BCUT2D eigenvalue weighted by Gasteiger charge is 2.08. The summed E-state index contributed by atoms with van der Waals surface area (Å²) in [6.45, 7) is 6.99. The minimum absolute atomic E-state index is 1.04. The van der Waals surface area contributed by atoms with E-state index in [1.165, 1.54) is 276 Å². The first kappa shape index (κ1) is 47.0. The Morgan fingerprint density at radius 1 is 0.170 bits per heavy atom. The molecule has 47 heavy (non-hydrogen) atoms. The Morgan fingerprint density at radius 3 is 0.489 bits per heavy atom. The first-order valence-electron chi connectivity index (χ1n) is 23.3. The van der Waals surface area contributed by atoms with Crippen molar-refractivity contribution >= 4 is 0 Å². The molecule has 0 aliphatic heterocycles. The molecule has 0 aromatic carbocycles. The van der Waals surface area contributed by atoms with Crippen molar-refractivity contribution in [3.8, 4) is 0 Å². The van der Waals surface area contributed by atoms with Crippen LogP contribution in [0.3, 0.4) is 0 Å². The van der Waals surface area contributed by atoms with Gasteiger partial charge in [-0.25, -0.2) is 0 Å². The van der Waals surface area contributed by atoms with Gasteiger partial charge in [0, 0.05) is 0 Å². The maximum atomic E-state index is 2.37. The predicted molar refractivity (Wildman–Crippen MR) is 219 cm³/mol. The lowest BCUT2D eigenvalue weighted by Crippen LogP contribution is -2.01. The van der Waals surface area contributed by atoms with Crippen LogP contribution in [0.25, 0.3) is 0 Å². The zero-order chi connectivity index (χ0) is 34.0. The molecule has 0 nitrogen and oxygen atoms in total. The van der Waals surface area contributed by atoms with E-state index < -0.39 is 0 Å². The number of rotatable bonds is 43. The Balaban J connectivity index is 3.49. The van der Waals surface area contributed by atoms with Crippen LogP contribution in [0, 0.1) is 5.92 Å². The fraction of sp³-hybridized carbons (Fsp3) is 1.00. The topological polar surface area (TPSA) is 0 Å². The highest BCUT2D eigenvalue weighted by atomic mass is 14.1. The summed E-state index contributed by atoms with van der Waals surface area (Å²) in [7, 11) is 0. The molecule has 0 N–H and O–H groups in total. The number of hydrogen-bond donors (Lipinski definition) is 0. The molecule has 0 bridgehead atoms. The smallest absolute Gasteiger partial charge is 0.0414 e. The maximum absolute atomic E-state index is 2.37. The van der Waals surface area contributed by atoms with Crippen molar-refractivity contribution in [1.29, 1.82) is 0 Å². The maximum Gasteiger partial charge on any atom is -0.0414 e. The Kier molecular flexibility index (Phi) is 44.0. The SMILES string of the molecule is CCCCCCCCCCCCCCCCCCCCCCC(CCCCC)CCCCCCCCCCCCCCCCCCC. The van der Waals surface area contributed by atoms with E-state index >= 15 is 0 Å². The first-order chi connectivity index (χ1) is 23.3. The van der Waals surface area contributed by atoms with Gasteiger partial charge >= 0.3 is 0 Å². The average Bonchev–Trinajstić information content (AvgIpc) is 3.08. The van der Waals surface area contributed by atoms with Crippen LogP contribution in [0.2, 0.25) is 0 Å². The minimum Gasteiger partial charge on any atom is -0.0654 e. The molecule has 0 saturated heterocycles. The third-order valence-electron chi connectivity index (χ3n) is 11.4. The van der Waals surface area contributed by atoms with Crippen LogP contribution in [0.4, 0.5) is 0 Å². The minimum atomic E-state index is 1.04. The second-order valence-corrected chi connectivity index (χ2v) is 16.3. The van der Waals surface area contributed by atoms with Gasteiger partial charge in [-0.2, -0.15) is 0 Å². The van der Waals surface area contributed by atoms with Crippen LogP contribution >= 0.6 is 0 Å². The largest absolute Gasteiger partial charge is 0.0654 e. The predicted octanol–water partition coefficient (Wildman–Crippen LogP) is 18.4. The third kappa shape index (κ3) is 42.1. The molecule has 0 radical (unpaired) electrons. The fourth-order valence-corrected chi connectivity index (χ4v) is 7.96. The van der Waals surface area contributed by atoms with Crippen molar-refractivity contribution in [3.05, 3.63) is 0 Å². The Labute approximate surface area is 302 Å². The van der Waals surface area contributed by atoms with E-state index in [9.17, 15) is 0 Å². The molecule has 284 valence electrons. The lowest BCUT2D eigenvalue weighted by molar-refractivity contribution is 0.367. The summed E-state index contributed by atoms with van der Waals surface area (Å²) in [6, 6.07) is 0. The monoisotopic (exact) mass is 661 g/mol. The molecular weight excluding hydrogens is 565 g/mol. The normalized spacial score (nSPS) is 12.3. The van der Waals surface area contributed by atoms with E-state index in [1.807, 2.05) is 0 Å².